The number of carboxylic acid groups (broad SMARTS) is 1. The van der Waals surface area contributed by atoms with Gasteiger partial charge in [-0.05, 0) is 68.5 Å². The molecule has 2 atom stereocenters. The number of ether oxygens (including phenoxy) is 2. The Morgan fingerprint density at radius 2 is 1.48 bits per heavy atom. The maximum atomic E-state index is 11.0. The van der Waals surface area contributed by atoms with E-state index < -0.39 is 29.8 Å². The lowest BCUT2D eigenvalue weighted by Gasteiger charge is -2.50. The maximum Gasteiger partial charge on any atom is 0.335 e. The topological polar surface area (TPSA) is 96.2 Å². The minimum atomic E-state index is -1.23. The van der Waals surface area contributed by atoms with Gasteiger partial charge in [0.2, 0.25) is 0 Å². The quantitative estimate of drug-likeness (QED) is 0.602. The van der Waals surface area contributed by atoms with Crippen molar-refractivity contribution in [3.63, 3.8) is 0 Å². The fraction of sp³-hybridized carbons (Fsp3) is 0.409. The minimum Gasteiger partial charge on any atom is -0.478 e. The second-order valence-corrected chi connectivity index (χ2v) is 8.79. The number of aromatic carboxylic acids is 1. The molecule has 7 heteroatoms. The molecule has 0 bridgehead atoms. The molecule has 0 aliphatic carbocycles. The summed E-state index contributed by atoms with van der Waals surface area (Å²) in [5.74, 6) is -2.09. The lowest BCUT2D eigenvalue weighted by molar-refractivity contribution is -0.429. The zero-order chi connectivity index (χ0) is 21.2. The summed E-state index contributed by atoms with van der Waals surface area (Å²) in [6.07, 6.45) is -1.22. The Morgan fingerprint density at radius 3 is 2.00 bits per heavy atom. The highest BCUT2D eigenvalue weighted by molar-refractivity contribution is 9.10. The largest absolute Gasteiger partial charge is 0.478 e. The third kappa shape index (κ3) is 5.05. The van der Waals surface area contributed by atoms with E-state index in [0.29, 0.717) is 19.3 Å². The molecule has 2 aromatic carbocycles. The van der Waals surface area contributed by atoms with Gasteiger partial charge >= 0.3 is 5.97 Å². The Bertz CT molecular complexity index is 833. The van der Waals surface area contributed by atoms with Crippen LogP contribution in [0.5, 0.6) is 0 Å². The van der Waals surface area contributed by atoms with Crippen molar-refractivity contribution in [2.24, 2.45) is 5.41 Å². The van der Waals surface area contributed by atoms with Gasteiger partial charge in [-0.1, -0.05) is 40.2 Å². The molecule has 1 aliphatic rings. The summed E-state index contributed by atoms with van der Waals surface area (Å²) in [6, 6.07) is 14.2. The highest BCUT2D eigenvalue weighted by Crippen LogP contribution is 2.44. The second kappa shape index (κ2) is 8.53. The van der Waals surface area contributed by atoms with Crippen molar-refractivity contribution < 1.29 is 29.6 Å². The average Bonchev–Trinajstić information content (AvgIpc) is 2.65. The smallest absolute Gasteiger partial charge is 0.335 e. The number of halogens is 1. The number of aliphatic hydroxyl groups is 2. The molecule has 3 rings (SSSR count). The van der Waals surface area contributed by atoms with Crippen molar-refractivity contribution in [3.05, 3.63) is 69.7 Å². The lowest BCUT2D eigenvalue weighted by Crippen LogP contribution is -2.59. The number of rotatable bonds is 6. The lowest BCUT2D eigenvalue weighted by atomic mass is 9.74. The average molecular weight is 465 g/mol. The number of carbonyl (C=O) groups is 1. The zero-order valence-corrected chi connectivity index (χ0v) is 17.9. The van der Waals surface area contributed by atoms with E-state index in [-0.39, 0.29) is 5.56 Å². The summed E-state index contributed by atoms with van der Waals surface area (Å²) in [5.41, 5.74) is 0.966. The Hall–Kier alpha value is -1.77. The van der Waals surface area contributed by atoms with Crippen LogP contribution in [0.25, 0.3) is 0 Å². The monoisotopic (exact) mass is 464 g/mol. The van der Waals surface area contributed by atoms with Crippen LogP contribution in [-0.4, -0.2) is 39.7 Å². The van der Waals surface area contributed by atoms with Crippen molar-refractivity contribution in [2.45, 2.75) is 51.5 Å². The fourth-order valence-corrected chi connectivity index (χ4v) is 3.87. The van der Waals surface area contributed by atoms with E-state index in [9.17, 15) is 15.0 Å². The van der Waals surface area contributed by atoms with Crippen LogP contribution in [0.3, 0.4) is 0 Å². The SMILES string of the molecule is CC1(C)OC(O)C(CCc2ccc(C(=O)O)cc2)(Cc2ccc(Br)cc2)C(O)O1. The van der Waals surface area contributed by atoms with Crippen LogP contribution < -0.4 is 0 Å². The van der Waals surface area contributed by atoms with Crippen LogP contribution in [0.1, 0.15) is 41.8 Å². The van der Waals surface area contributed by atoms with E-state index >= 15 is 0 Å². The summed E-state index contributed by atoms with van der Waals surface area (Å²) in [7, 11) is 0. The van der Waals surface area contributed by atoms with Gasteiger partial charge < -0.3 is 24.8 Å². The molecule has 0 spiro atoms. The standard InChI is InChI=1S/C22H25BrO6/c1-21(2)28-19(26)22(20(27)29-21,13-15-5-9-17(23)10-6-15)12-11-14-3-7-16(8-4-14)18(24)25/h3-10,19-20,26-27H,11-13H2,1-2H3,(H,24,25). The first-order chi connectivity index (χ1) is 13.6. The van der Waals surface area contributed by atoms with Gasteiger partial charge in [0.25, 0.3) is 0 Å². The van der Waals surface area contributed by atoms with Crippen LogP contribution in [0.15, 0.2) is 53.0 Å². The Kier molecular flexibility index (Phi) is 6.45. The molecule has 0 radical (unpaired) electrons. The van der Waals surface area contributed by atoms with E-state index in [4.69, 9.17) is 14.6 Å². The summed E-state index contributed by atoms with van der Waals surface area (Å²) in [5, 5.41) is 30.8. The number of hydrogen-bond acceptors (Lipinski definition) is 5. The maximum absolute atomic E-state index is 11.0. The summed E-state index contributed by atoms with van der Waals surface area (Å²) in [4.78, 5) is 11.0. The minimum absolute atomic E-state index is 0.212. The number of carboxylic acids is 1. The van der Waals surface area contributed by atoms with Gasteiger partial charge in [0, 0.05) is 4.47 Å². The van der Waals surface area contributed by atoms with Crippen molar-refractivity contribution >= 4 is 21.9 Å². The molecular formula is C22H25BrO6. The summed E-state index contributed by atoms with van der Waals surface area (Å²) in [6.45, 7) is 3.29. The van der Waals surface area contributed by atoms with Crippen LogP contribution in [0, 0.1) is 5.41 Å². The second-order valence-electron chi connectivity index (χ2n) is 7.88. The predicted molar refractivity (Wildman–Crippen MR) is 110 cm³/mol. The highest BCUT2D eigenvalue weighted by atomic mass is 79.9. The molecule has 6 nitrogen and oxygen atoms in total. The van der Waals surface area contributed by atoms with Crippen LogP contribution in [0.4, 0.5) is 0 Å². The Labute approximate surface area is 178 Å². The summed E-state index contributed by atoms with van der Waals surface area (Å²) < 4.78 is 12.3. The van der Waals surface area contributed by atoms with Gasteiger partial charge in [0.1, 0.15) is 0 Å². The molecular weight excluding hydrogens is 440 g/mol. The molecule has 0 aromatic heterocycles. The number of benzene rings is 2. The molecule has 1 aliphatic heterocycles. The molecule has 1 heterocycles. The Morgan fingerprint density at radius 1 is 0.966 bits per heavy atom. The van der Waals surface area contributed by atoms with Crippen LogP contribution in [-0.2, 0) is 22.3 Å². The van der Waals surface area contributed by atoms with Gasteiger partial charge in [0.15, 0.2) is 18.4 Å². The van der Waals surface area contributed by atoms with Crippen molar-refractivity contribution in [2.75, 3.05) is 0 Å². The first-order valence-corrected chi connectivity index (χ1v) is 10.2. The third-order valence-corrected chi connectivity index (χ3v) is 5.83. The van der Waals surface area contributed by atoms with Crippen molar-refractivity contribution in [1.29, 1.82) is 0 Å². The zero-order valence-electron chi connectivity index (χ0n) is 16.3. The molecule has 0 saturated carbocycles. The van der Waals surface area contributed by atoms with Gasteiger partial charge in [-0.2, -0.15) is 0 Å². The first-order valence-electron chi connectivity index (χ1n) is 9.40. The van der Waals surface area contributed by atoms with E-state index in [1.807, 2.05) is 24.3 Å². The molecule has 1 saturated heterocycles. The molecule has 2 aromatic rings. The highest BCUT2D eigenvalue weighted by Gasteiger charge is 2.53. The number of aryl methyl sites for hydroxylation is 1. The molecule has 2 unspecified atom stereocenters. The molecule has 29 heavy (non-hydrogen) atoms. The van der Waals surface area contributed by atoms with E-state index in [1.54, 1.807) is 38.1 Å². The molecule has 156 valence electrons. The predicted octanol–water partition coefficient (Wildman–Crippen LogP) is 3.73. The number of aliphatic hydroxyl groups excluding tert-OH is 2. The van der Waals surface area contributed by atoms with Crippen molar-refractivity contribution in [1.82, 2.24) is 0 Å². The molecule has 1 fully saturated rings. The van der Waals surface area contributed by atoms with Crippen LogP contribution >= 0.6 is 15.9 Å². The van der Waals surface area contributed by atoms with E-state index in [2.05, 4.69) is 15.9 Å². The van der Waals surface area contributed by atoms with Gasteiger partial charge in [-0.3, -0.25) is 0 Å². The van der Waals surface area contributed by atoms with E-state index in [1.165, 1.54) is 0 Å². The normalized spacial score (nSPS) is 26.2. The molecule has 0 amide bonds. The summed E-state index contributed by atoms with van der Waals surface area (Å²) >= 11 is 3.41. The number of hydrogen-bond donors (Lipinski definition) is 3. The Balaban J connectivity index is 1.86. The van der Waals surface area contributed by atoms with Gasteiger partial charge in [-0.25, -0.2) is 4.79 Å². The van der Waals surface area contributed by atoms with Gasteiger partial charge in [-0.15, -0.1) is 0 Å². The third-order valence-electron chi connectivity index (χ3n) is 5.30. The van der Waals surface area contributed by atoms with Crippen molar-refractivity contribution in [3.8, 4) is 0 Å². The van der Waals surface area contributed by atoms with Crippen LogP contribution in [0.2, 0.25) is 0 Å². The fourth-order valence-electron chi connectivity index (χ4n) is 3.61. The van der Waals surface area contributed by atoms with E-state index in [0.717, 1.165) is 15.6 Å². The molecule has 3 N–H and O–H groups in total. The van der Waals surface area contributed by atoms with Gasteiger partial charge in [0.05, 0.1) is 11.0 Å². The first kappa shape index (κ1) is 21.9.